The summed E-state index contributed by atoms with van der Waals surface area (Å²) in [5, 5.41) is 3.97. The van der Waals surface area contributed by atoms with E-state index in [9.17, 15) is 9.59 Å². The number of hydrogen-bond donors (Lipinski definition) is 1. The van der Waals surface area contributed by atoms with Gasteiger partial charge < -0.3 is 19.2 Å². The van der Waals surface area contributed by atoms with E-state index >= 15 is 0 Å². The highest BCUT2D eigenvalue weighted by Gasteiger charge is 2.34. The van der Waals surface area contributed by atoms with Crippen LogP contribution in [0.3, 0.4) is 0 Å². The molecule has 5 rings (SSSR count). The van der Waals surface area contributed by atoms with Gasteiger partial charge in [-0.2, -0.15) is 0 Å². The summed E-state index contributed by atoms with van der Waals surface area (Å²) in [6.07, 6.45) is 0.226. The fraction of sp³-hybridized carbons (Fsp3) is 0.231. The lowest BCUT2D eigenvalue weighted by molar-refractivity contribution is -0.122. The molecule has 162 valence electrons. The lowest BCUT2D eigenvalue weighted by atomic mass is 10.1. The molecule has 0 bridgehead atoms. The van der Waals surface area contributed by atoms with Crippen molar-refractivity contribution in [3.05, 3.63) is 95.6 Å². The van der Waals surface area contributed by atoms with Gasteiger partial charge in [-0.3, -0.25) is 9.59 Å². The number of furan rings is 1. The zero-order chi connectivity index (χ0) is 22.1. The van der Waals surface area contributed by atoms with E-state index in [0.717, 1.165) is 28.0 Å². The number of carbonyl (C=O) groups excluding carboxylic acids is 2. The van der Waals surface area contributed by atoms with E-state index in [2.05, 4.69) is 5.32 Å². The van der Waals surface area contributed by atoms with E-state index in [1.54, 1.807) is 0 Å². The van der Waals surface area contributed by atoms with E-state index < -0.39 is 0 Å². The summed E-state index contributed by atoms with van der Waals surface area (Å²) in [5.74, 6) is 1.38. The summed E-state index contributed by atoms with van der Waals surface area (Å²) < 4.78 is 7.59. The number of aromatic nitrogens is 1. The van der Waals surface area contributed by atoms with Crippen molar-refractivity contribution in [2.24, 2.45) is 0 Å². The first kappa shape index (κ1) is 20.1. The normalized spacial score (nSPS) is 15.7. The van der Waals surface area contributed by atoms with E-state index in [4.69, 9.17) is 4.42 Å². The van der Waals surface area contributed by atoms with Crippen LogP contribution in [0.15, 0.2) is 77.2 Å². The van der Waals surface area contributed by atoms with Crippen molar-refractivity contribution in [2.45, 2.75) is 39.0 Å². The van der Waals surface area contributed by atoms with E-state index in [1.807, 2.05) is 89.2 Å². The summed E-state index contributed by atoms with van der Waals surface area (Å²) in [6.45, 7) is 3.26. The van der Waals surface area contributed by atoms with Crippen molar-refractivity contribution in [1.82, 2.24) is 14.8 Å². The Balaban J connectivity index is 1.40. The Morgan fingerprint density at radius 1 is 1.06 bits per heavy atom. The predicted octanol–water partition coefficient (Wildman–Crippen LogP) is 4.27. The number of aryl methyl sites for hydroxylation is 1. The molecule has 3 heterocycles. The van der Waals surface area contributed by atoms with Crippen LogP contribution >= 0.6 is 0 Å². The molecule has 6 heteroatoms. The van der Waals surface area contributed by atoms with Crippen molar-refractivity contribution >= 4 is 22.7 Å². The van der Waals surface area contributed by atoms with Gasteiger partial charge in [0.2, 0.25) is 5.91 Å². The number of fused-ring (bicyclic) bond motifs is 3. The minimum atomic E-state index is -0.246. The molecule has 1 aliphatic rings. The highest BCUT2D eigenvalue weighted by molar-refractivity contribution is 6.00. The molecular formula is C26H25N3O3. The van der Waals surface area contributed by atoms with Crippen molar-refractivity contribution in [1.29, 1.82) is 0 Å². The van der Waals surface area contributed by atoms with Gasteiger partial charge in [-0.15, -0.1) is 0 Å². The fourth-order valence-corrected chi connectivity index (χ4v) is 4.41. The van der Waals surface area contributed by atoms with Crippen molar-refractivity contribution in [3.8, 4) is 0 Å². The van der Waals surface area contributed by atoms with Crippen LogP contribution in [0.1, 0.15) is 34.0 Å². The van der Waals surface area contributed by atoms with Gasteiger partial charge in [0, 0.05) is 30.4 Å². The number of amides is 2. The van der Waals surface area contributed by atoms with Crippen LogP contribution in [0.25, 0.3) is 10.9 Å². The van der Waals surface area contributed by atoms with E-state index in [1.165, 1.54) is 0 Å². The Labute approximate surface area is 186 Å². The molecule has 1 atom stereocenters. The number of benzene rings is 2. The molecule has 1 N–H and O–H groups in total. The number of nitrogens with one attached hydrogen (secondary N) is 1. The standard InChI is InChI=1S/C26H25N3O3/c1-18-11-12-22(32-18)15-27-25(30)14-21-17-29-23-10-6-5-9-20(23)13-24(29)26(31)28(21)16-19-7-3-2-4-8-19/h2-13,21H,14-17H2,1H3,(H,27,30)/t21-/m0/s1. The van der Waals surface area contributed by atoms with Crippen molar-refractivity contribution < 1.29 is 14.0 Å². The smallest absolute Gasteiger partial charge is 0.271 e. The van der Waals surface area contributed by atoms with Crippen LogP contribution < -0.4 is 5.32 Å². The van der Waals surface area contributed by atoms with Crippen molar-refractivity contribution in [2.75, 3.05) is 0 Å². The number of rotatable bonds is 6. The third-order valence-corrected chi connectivity index (χ3v) is 6.00. The largest absolute Gasteiger partial charge is 0.465 e. The molecule has 0 fully saturated rings. The molecule has 4 aromatic rings. The van der Waals surface area contributed by atoms with Gasteiger partial charge in [-0.1, -0.05) is 48.5 Å². The molecule has 0 aliphatic carbocycles. The summed E-state index contributed by atoms with van der Waals surface area (Å²) in [6, 6.07) is 23.3. The van der Waals surface area contributed by atoms with Gasteiger partial charge in [-0.25, -0.2) is 0 Å². The highest BCUT2D eigenvalue weighted by atomic mass is 16.3. The molecule has 2 aromatic carbocycles. The molecule has 0 saturated carbocycles. The zero-order valence-electron chi connectivity index (χ0n) is 18.0. The van der Waals surface area contributed by atoms with Gasteiger partial charge >= 0.3 is 0 Å². The molecule has 6 nitrogen and oxygen atoms in total. The average molecular weight is 428 g/mol. The molecule has 1 aliphatic heterocycles. The predicted molar refractivity (Wildman–Crippen MR) is 122 cm³/mol. The van der Waals surface area contributed by atoms with E-state index in [0.29, 0.717) is 25.3 Å². The minimum absolute atomic E-state index is 0.0456. The maximum absolute atomic E-state index is 13.5. The Bertz CT molecular complexity index is 1270. The third kappa shape index (κ3) is 3.91. The topological polar surface area (TPSA) is 67.5 Å². The van der Waals surface area contributed by atoms with Crippen LogP contribution in [0.5, 0.6) is 0 Å². The lowest BCUT2D eigenvalue weighted by Crippen LogP contribution is -2.49. The minimum Gasteiger partial charge on any atom is -0.465 e. The molecule has 0 spiro atoms. The second-order valence-corrected chi connectivity index (χ2v) is 8.26. The monoisotopic (exact) mass is 427 g/mol. The number of para-hydroxylation sites is 1. The van der Waals surface area contributed by atoms with Gasteiger partial charge in [0.1, 0.15) is 17.2 Å². The van der Waals surface area contributed by atoms with Crippen LogP contribution in [-0.2, 0) is 24.4 Å². The average Bonchev–Trinajstić information content (AvgIpc) is 3.39. The SMILES string of the molecule is Cc1ccc(CNC(=O)C[C@H]2Cn3c(cc4ccccc43)C(=O)N2Cc2ccccc2)o1. The van der Waals surface area contributed by atoms with Gasteiger partial charge in [0.05, 0.1) is 12.6 Å². The molecule has 0 saturated heterocycles. The summed E-state index contributed by atoms with van der Waals surface area (Å²) in [5.41, 5.74) is 2.73. The molecule has 2 aromatic heterocycles. The molecule has 0 radical (unpaired) electrons. The third-order valence-electron chi connectivity index (χ3n) is 6.00. The molecule has 32 heavy (non-hydrogen) atoms. The highest BCUT2D eigenvalue weighted by Crippen LogP contribution is 2.29. The number of nitrogens with zero attached hydrogens (tertiary/aromatic N) is 2. The Morgan fingerprint density at radius 2 is 1.84 bits per heavy atom. The fourth-order valence-electron chi connectivity index (χ4n) is 4.41. The second-order valence-electron chi connectivity index (χ2n) is 8.26. The Hall–Kier alpha value is -3.80. The first-order valence-electron chi connectivity index (χ1n) is 10.8. The summed E-state index contributed by atoms with van der Waals surface area (Å²) >= 11 is 0. The quantitative estimate of drug-likeness (QED) is 0.500. The molecular weight excluding hydrogens is 402 g/mol. The first-order chi connectivity index (χ1) is 15.6. The van der Waals surface area contributed by atoms with Crippen LogP contribution in [0, 0.1) is 6.92 Å². The molecule has 0 unspecified atom stereocenters. The first-order valence-corrected chi connectivity index (χ1v) is 10.8. The zero-order valence-corrected chi connectivity index (χ0v) is 18.0. The van der Waals surface area contributed by atoms with E-state index in [-0.39, 0.29) is 24.3 Å². The number of carbonyl (C=O) groups is 2. The van der Waals surface area contributed by atoms with Crippen molar-refractivity contribution in [3.63, 3.8) is 0 Å². The maximum atomic E-state index is 13.5. The van der Waals surface area contributed by atoms with Gasteiger partial charge in [0.25, 0.3) is 5.91 Å². The van der Waals surface area contributed by atoms with Gasteiger partial charge in [-0.05, 0) is 36.8 Å². The summed E-state index contributed by atoms with van der Waals surface area (Å²) in [7, 11) is 0. The van der Waals surface area contributed by atoms with Gasteiger partial charge in [0.15, 0.2) is 0 Å². The van der Waals surface area contributed by atoms with Crippen LogP contribution in [-0.4, -0.2) is 27.3 Å². The molecule has 2 amide bonds. The van der Waals surface area contributed by atoms with Crippen LogP contribution in [0.4, 0.5) is 0 Å². The van der Waals surface area contributed by atoms with Crippen LogP contribution in [0.2, 0.25) is 0 Å². The Kier molecular flexibility index (Phi) is 5.27. The lowest BCUT2D eigenvalue weighted by Gasteiger charge is -2.36. The maximum Gasteiger partial charge on any atom is 0.271 e. The summed E-state index contributed by atoms with van der Waals surface area (Å²) in [4.78, 5) is 28.2. The second kappa shape index (κ2) is 8.38. The number of hydrogen-bond acceptors (Lipinski definition) is 3. The Morgan fingerprint density at radius 3 is 2.62 bits per heavy atom.